The van der Waals surface area contributed by atoms with Crippen molar-refractivity contribution in [3.8, 4) is 0 Å². The monoisotopic (exact) mass is 673 g/mol. The van der Waals surface area contributed by atoms with Crippen molar-refractivity contribution in [1.29, 1.82) is 0 Å². The number of hydrogen-bond donors (Lipinski definition) is 3. The third-order valence-corrected chi connectivity index (χ3v) is 9.81. The maximum absolute atomic E-state index is 14.6. The van der Waals surface area contributed by atoms with Crippen LogP contribution in [0.3, 0.4) is 0 Å². The molecule has 13 nitrogen and oxygen atoms in total. The third-order valence-electron chi connectivity index (χ3n) is 9.81. The summed E-state index contributed by atoms with van der Waals surface area (Å²) in [4.78, 5) is 93.3. The molecule has 3 N–H and O–H groups in total. The minimum Gasteiger partial charge on any atom is -0.347 e. The summed E-state index contributed by atoms with van der Waals surface area (Å²) in [6.07, 6.45) is 7.29. The lowest BCUT2D eigenvalue weighted by Gasteiger charge is -2.39. The van der Waals surface area contributed by atoms with E-state index >= 15 is 0 Å². The average molecular weight is 674 g/mol. The molecular formula is C36H47N7O6. The van der Waals surface area contributed by atoms with Gasteiger partial charge in [0, 0.05) is 31.5 Å². The van der Waals surface area contributed by atoms with Gasteiger partial charge in [0.15, 0.2) is 0 Å². The lowest BCUT2D eigenvalue weighted by molar-refractivity contribution is -0.153. The number of fused-ring (bicyclic) bond motifs is 2. The Bertz CT molecular complexity index is 1560. The van der Waals surface area contributed by atoms with Crippen molar-refractivity contribution in [1.82, 2.24) is 35.7 Å². The number of likely N-dealkylation sites (tertiary alicyclic amines) is 2. The highest BCUT2D eigenvalue weighted by molar-refractivity contribution is 6.38. The van der Waals surface area contributed by atoms with E-state index in [-0.39, 0.29) is 29.5 Å². The van der Waals surface area contributed by atoms with Crippen molar-refractivity contribution < 1.29 is 28.8 Å². The molecule has 49 heavy (non-hydrogen) atoms. The van der Waals surface area contributed by atoms with Gasteiger partial charge in [0.25, 0.3) is 11.8 Å². The molecule has 1 aliphatic carbocycles. The first-order chi connectivity index (χ1) is 23.3. The van der Waals surface area contributed by atoms with Crippen molar-refractivity contribution in [3.63, 3.8) is 0 Å². The van der Waals surface area contributed by atoms with Crippen molar-refractivity contribution in [3.05, 3.63) is 60.2 Å². The van der Waals surface area contributed by atoms with Gasteiger partial charge in [0.05, 0.1) is 6.20 Å². The first-order valence-electron chi connectivity index (χ1n) is 17.2. The molecule has 3 fully saturated rings. The molecule has 1 aromatic heterocycles. The molecule has 262 valence electrons. The Hall–Kier alpha value is -4.68. The largest absolute Gasteiger partial charge is 0.347 e. The fourth-order valence-electron chi connectivity index (χ4n) is 6.85. The Kier molecular flexibility index (Phi) is 10.8. The molecule has 0 spiro atoms. The maximum atomic E-state index is 14.6. The summed E-state index contributed by atoms with van der Waals surface area (Å²) in [6, 6.07) is 4.70. The zero-order valence-electron chi connectivity index (χ0n) is 28.8. The number of Topliss-reactive ketones (excluding diaryl/α,β-unsaturated/α-hetero) is 1. The average Bonchev–Trinajstić information content (AvgIpc) is 3.85. The van der Waals surface area contributed by atoms with Crippen LogP contribution in [0.2, 0.25) is 0 Å². The minimum atomic E-state index is -1.16. The van der Waals surface area contributed by atoms with E-state index in [9.17, 15) is 28.8 Å². The molecule has 5 rings (SSSR count). The zero-order chi connectivity index (χ0) is 35.5. The summed E-state index contributed by atoms with van der Waals surface area (Å²) >= 11 is 0. The molecule has 1 saturated carbocycles. The molecule has 2 bridgehead atoms. The van der Waals surface area contributed by atoms with E-state index < -0.39 is 59.0 Å². The van der Waals surface area contributed by atoms with Crippen LogP contribution in [-0.2, 0) is 24.0 Å². The van der Waals surface area contributed by atoms with E-state index in [0.29, 0.717) is 37.9 Å². The summed E-state index contributed by atoms with van der Waals surface area (Å²) < 4.78 is 0. The lowest BCUT2D eigenvalue weighted by Crippen LogP contribution is -2.61. The van der Waals surface area contributed by atoms with Gasteiger partial charge in [-0.3, -0.25) is 33.8 Å². The molecule has 5 amide bonds. The SMILES string of the molecule is CCC[C@@H](C(=O)C(=O)NC1CC1)N1CC[C@H]2CN(C(=O)[C@@H](NC(=O)[C@@H](NC(=O)c3cnccn3)c3ccccc3)C(C)(C)C)[C@H](C1=O)[C@H]2C. The molecule has 1 aromatic carbocycles. The van der Waals surface area contributed by atoms with Gasteiger partial charge in [-0.15, -0.1) is 0 Å². The minimum absolute atomic E-state index is 0.00840. The highest BCUT2D eigenvalue weighted by Crippen LogP contribution is 2.38. The predicted molar refractivity (Wildman–Crippen MR) is 179 cm³/mol. The summed E-state index contributed by atoms with van der Waals surface area (Å²) in [7, 11) is 0. The smallest absolute Gasteiger partial charge is 0.289 e. The van der Waals surface area contributed by atoms with Crippen LogP contribution < -0.4 is 16.0 Å². The zero-order valence-corrected chi connectivity index (χ0v) is 28.8. The van der Waals surface area contributed by atoms with Crippen LogP contribution in [0, 0.1) is 17.3 Å². The Morgan fingerprint density at radius 3 is 2.33 bits per heavy atom. The normalized spacial score (nSPS) is 22.4. The highest BCUT2D eigenvalue weighted by atomic mass is 16.2. The van der Waals surface area contributed by atoms with Crippen molar-refractivity contribution >= 4 is 35.3 Å². The van der Waals surface area contributed by atoms with Crippen LogP contribution >= 0.6 is 0 Å². The van der Waals surface area contributed by atoms with Crippen LogP contribution in [0.25, 0.3) is 0 Å². The summed E-state index contributed by atoms with van der Waals surface area (Å²) in [5, 5.41) is 8.41. The number of nitrogens with zero attached hydrogens (tertiary/aromatic N) is 4. The number of nitrogens with one attached hydrogen (secondary N) is 3. The molecule has 2 saturated heterocycles. The molecule has 0 unspecified atom stereocenters. The van der Waals surface area contributed by atoms with Gasteiger partial charge < -0.3 is 25.8 Å². The fourth-order valence-corrected chi connectivity index (χ4v) is 6.85. The standard InChI is InChI=1S/C36H47N7O6/c1-6-10-26(29(44)33(47)39-24-13-14-24)42-18-15-23-20-43(28(21(23)2)34(42)48)35(49)30(36(3,4)5)41-32(46)27(22-11-8-7-9-12-22)40-31(45)25-19-37-16-17-38-25/h7-9,11-12,16-17,19,21,23-24,26-28,30H,6,10,13-15,18,20H2,1-5H3,(H,39,47)(H,40,45)(H,41,46)/t21-,23-,26-,27-,28-,30+/m0/s1. The Morgan fingerprint density at radius 2 is 1.71 bits per heavy atom. The molecular weight excluding hydrogens is 626 g/mol. The van der Waals surface area contributed by atoms with E-state index in [4.69, 9.17) is 0 Å². The third kappa shape index (κ3) is 7.97. The quantitative estimate of drug-likeness (QED) is 0.288. The molecule has 6 atom stereocenters. The van der Waals surface area contributed by atoms with Crippen molar-refractivity contribution in [2.75, 3.05) is 13.1 Å². The number of carbonyl (C=O) groups is 6. The van der Waals surface area contributed by atoms with Gasteiger partial charge in [0.1, 0.15) is 29.9 Å². The second-order valence-corrected chi connectivity index (χ2v) is 14.5. The van der Waals surface area contributed by atoms with Gasteiger partial charge in [-0.2, -0.15) is 0 Å². The van der Waals surface area contributed by atoms with E-state index in [1.807, 2.05) is 34.6 Å². The number of ketones is 1. The number of hydrogen-bond acceptors (Lipinski definition) is 8. The van der Waals surface area contributed by atoms with Crippen LogP contribution in [0.4, 0.5) is 0 Å². The number of aromatic nitrogens is 2. The summed E-state index contributed by atoms with van der Waals surface area (Å²) in [5.41, 5.74) is -0.256. The van der Waals surface area contributed by atoms with Gasteiger partial charge >= 0.3 is 0 Å². The first kappa shape index (κ1) is 35.6. The summed E-state index contributed by atoms with van der Waals surface area (Å²) in [6.45, 7) is 9.97. The first-order valence-corrected chi connectivity index (χ1v) is 17.2. The number of rotatable bonds is 12. The number of amides is 5. The van der Waals surface area contributed by atoms with E-state index in [1.165, 1.54) is 23.5 Å². The van der Waals surface area contributed by atoms with Crippen LogP contribution in [0.5, 0.6) is 0 Å². The van der Waals surface area contributed by atoms with Crippen LogP contribution in [0.1, 0.15) is 88.8 Å². The Morgan fingerprint density at radius 1 is 1.00 bits per heavy atom. The molecule has 2 aliphatic heterocycles. The van der Waals surface area contributed by atoms with Gasteiger partial charge in [-0.05, 0) is 48.5 Å². The lowest BCUT2D eigenvalue weighted by atomic mass is 9.85. The fraction of sp³-hybridized carbons (Fsp3) is 0.556. The predicted octanol–water partition coefficient (Wildman–Crippen LogP) is 2.19. The molecule has 3 heterocycles. The molecule has 2 aromatic rings. The van der Waals surface area contributed by atoms with Gasteiger partial charge in [-0.1, -0.05) is 71.4 Å². The number of carbonyl (C=O) groups excluding carboxylic acids is 6. The van der Waals surface area contributed by atoms with Gasteiger partial charge in [-0.25, -0.2) is 4.98 Å². The van der Waals surface area contributed by atoms with Gasteiger partial charge in [0.2, 0.25) is 23.5 Å². The Balaban J connectivity index is 1.39. The Labute approximate surface area is 287 Å². The second kappa shape index (κ2) is 14.8. The molecule has 0 radical (unpaired) electrons. The van der Waals surface area contributed by atoms with E-state index in [2.05, 4.69) is 25.9 Å². The second-order valence-electron chi connectivity index (χ2n) is 14.5. The topological polar surface area (TPSA) is 171 Å². The molecule has 3 aliphatic rings. The highest BCUT2D eigenvalue weighted by Gasteiger charge is 2.53. The van der Waals surface area contributed by atoms with E-state index in [0.717, 1.165) is 12.8 Å². The van der Waals surface area contributed by atoms with Crippen LogP contribution in [-0.4, -0.2) is 92.3 Å². The summed E-state index contributed by atoms with van der Waals surface area (Å²) in [5.74, 6) is -3.50. The van der Waals surface area contributed by atoms with E-state index in [1.54, 1.807) is 35.2 Å². The van der Waals surface area contributed by atoms with Crippen molar-refractivity contribution in [2.24, 2.45) is 17.3 Å². The van der Waals surface area contributed by atoms with Crippen LogP contribution in [0.15, 0.2) is 48.9 Å². The number of benzene rings is 1. The van der Waals surface area contributed by atoms with Crippen molar-refractivity contribution in [2.45, 2.75) is 96.9 Å². The maximum Gasteiger partial charge on any atom is 0.289 e. The molecule has 13 heteroatoms.